The maximum atomic E-state index is 11.3. The van der Waals surface area contributed by atoms with Gasteiger partial charge >= 0.3 is 0 Å². The van der Waals surface area contributed by atoms with Gasteiger partial charge in [-0.25, -0.2) is 0 Å². The summed E-state index contributed by atoms with van der Waals surface area (Å²) in [6, 6.07) is 7.28. The molecule has 1 heterocycles. The van der Waals surface area contributed by atoms with Crippen LogP contribution in [0.25, 0.3) is 0 Å². The summed E-state index contributed by atoms with van der Waals surface area (Å²) in [7, 11) is 0. The zero-order valence-electron chi connectivity index (χ0n) is 10.3. The van der Waals surface area contributed by atoms with Crippen LogP contribution in [-0.2, 0) is 4.79 Å². The molecule has 0 radical (unpaired) electrons. The van der Waals surface area contributed by atoms with Gasteiger partial charge in [-0.1, -0.05) is 0 Å². The number of β-amino-alcohol motifs (C(OH)–C–C–N with tert-alkyl or cyclic N) is 1. The Morgan fingerprint density at radius 2 is 2.32 bits per heavy atom. The number of hydrogen-bond donors (Lipinski definition) is 2. The summed E-state index contributed by atoms with van der Waals surface area (Å²) in [5.41, 5.74) is 5.17. The van der Waals surface area contributed by atoms with Gasteiger partial charge in [-0.3, -0.25) is 4.79 Å². The SMILES string of the molecule is N#Cc1ccc(N2CCCC(O)(C(N)=O)C2)c(Br)c1. The molecule has 1 amide bonds. The Bertz CT molecular complexity index is 555. The van der Waals surface area contributed by atoms with Crippen LogP contribution in [0.1, 0.15) is 18.4 Å². The van der Waals surface area contributed by atoms with Gasteiger partial charge in [-0.2, -0.15) is 5.26 Å². The maximum Gasteiger partial charge on any atom is 0.251 e. The molecular formula is C13H14BrN3O2. The molecule has 100 valence electrons. The zero-order valence-corrected chi connectivity index (χ0v) is 11.9. The van der Waals surface area contributed by atoms with Crippen molar-refractivity contribution in [2.24, 2.45) is 5.73 Å². The van der Waals surface area contributed by atoms with Crippen LogP contribution in [0.2, 0.25) is 0 Å². The molecule has 6 heteroatoms. The van der Waals surface area contributed by atoms with E-state index in [1.807, 2.05) is 4.90 Å². The molecule has 5 nitrogen and oxygen atoms in total. The molecule has 1 aromatic carbocycles. The predicted molar refractivity (Wildman–Crippen MR) is 74.4 cm³/mol. The second-order valence-electron chi connectivity index (χ2n) is 4.70. The molecule has 1 saturated heterocycles. The molecule has 3 N–H and O–H groups in total. The van der Waals surface area contributed by atoms with E-state index in [2.05, 4.69) is 22.0 Å². The summed E-state index contributed by atoms with van der Waals surface area (Å²) in [5.74, 6) is -0.693. The normalized spacial score (nSPS) is 22.9. The fourth-order valence-corrected chi connectivity index (χ4v) is 2.91. The van der Waals surface area contributed by atoms with Gasteiger partial charge in [0.05, 0.1) is 23.9 Å². The van der Waals surface area contributed by atoms with Crippen molar-refractivity contribution in [3.8, 4) is 6.07 Å². The van der Waals surface area contributed by atoms with Crippen molar-refractivity contribution in [1.82, 2.24) is 0 Å². The summed E-state index contributed by atoms with van der Waals surface area (Å²) >= 11 is 3.41. The minimum Gasteiger partial charge on any atom is -0.378 e. The molecule has 0 saturated carbocycles. The molecular weight excluding hydrogens is 310 g/mol. The van der Waals surface area contributed by atoms with Gasteiger partial charge in [0.2, 0.25) is 0 Å². The molecule has 1 unspecified atom stereocenters. The summed E-state index contributed by atoms with van der Waals surface area (Å²) in [6.07, 6.45) is 1.07. The van der Waals surface area contributed by atoms with E-state index in [0.717, 1.165) is 16.7 Å². The van der Waals surface area contributed by atoms with Gasteiger partial charge in [0.25, 0.3) is 5.91 Å². The summed E-state index contributed by atoms with van der Waals surface area (Å²) in [6.45, 7) is 0.910. The fourth-order valence-electron chi connectivity index (χ4n) is 2.28. The number of rotatable bonds is 2. The fraction of sp³-hybridized carbons (Fsp3) is 0.385. The number of carbonyl (C=O) groups is 1. The molecule has 1 atom stereocenters. The standard InChI is InChI=1S/C13H14BrN3O2/c14-10-6-9(7-15)2-3-11(10)17-5-1-4-13(19,8-17)12(16)18/h2-3,6,19H,1,4-5,8H2,(H2,16,18). The Hall–Kier alpha value is -1.58. The molecule has 0 aromatic heterocycles. The number of anilines is 1. The topological polar surface area (TPSA) is 90.3 Å². The van der Waals surface area contributed by atoms with Crippen LogP contribution in [0.15, 0.2) is 22.7 Å². The number of nitrogens with zero attached hydrogens (tertiary/aromatic N) is 2. The van der Waals surface area contributed by atoms with Crippen LogP contribution in [-0.4, -0.2) is 29.7 Å². The van der Waals surface area contributed by atoms with Gasteiger partial charge in [0.1, 0.15) is 0 Å². The van der Waals surface area contributed by atoms with E-state index in [9.17, 15) is 9.90 Å². The minimum atomic E-state index is -1.48. The second-order valence-corrected chi connectivity index (χ2v) is 5.55. The third kappa shape index (κ3) is 2.72. The van der Waals surface area contributed by atoms with Crippen molar-refractivity contribution < 1.29 is 9.90 Å². The summed E-state index contributed by atoms with van der Waals surface area (Å²) in [5, 5.41) is 19.0. The van der Waals surface area contributed by atoms with E-state index in [0.29, 0.717) is 18.4 Å². The third-order valence-electron chi connectivity index (χ3n) is 3.35. The van der Waals surface area contributed by atoms with E-state index in [1.54, 1.807) is 18.2 Å². The summed E-state index contributed by atoms with van der Waals surface area (Å²) < 4.78 is 0.764. The van der Waals surface area contributed by atoms with E-state index in [4.69, 9.17) is 11.0 Å². The zero-order chi connectivity index (χ0) is 14.0. The second kappa shape index (κ2) is 5.19. The largest absolute Gasteiger partial charge is 0.378 e. The van der Waals surface area contributed by atoms with Gasteiger partial charge in [0, 0.05) is 11.0 Å². The molecule has 1 aliphatic heterocycles. The Balaban J connectivity index is 2.28. The number of benzene rings is 1. The smallest absolute Gasteiger partial charge is 0.251 e. The Labute approximate surface area is 119 Å². The molecule has 0 aliphatic carbocycles. The lowest BCUT2D eigenvalue weighted by Gasteiger charge is -2.38. The third-order valence-corrected chi connectivity index (χ3v) is 3.98. The molecule has 2 rings (SSSR count). The number of hydrogen-bond acceptors (Lipinski definition) is 4. The molecule has 1 aromatic rings. The number of halogens is 1. The van der Waals surface area contributed by atoms with Crippen molar-refractivity contribution in [2.45, 2.75) is 18.4 Å². The highest BCUT2D eigenvalue weighted by molar-refractivity contribution is 9.10. The molecule has 1 aliphatic rings. The van der Waals surface area contributed by atoms with Crippen LogP contribution in [0.4, 0.5) is 5.69 Å². The van der Waals surface area contributed by atoms with Crippen LogP contribution in [0.3, 0.4) is 0 Å². The van der Waals surface area contributed by atoms with Crippen molar-refractivity contribution in [1.29, 1.82) is 5.26 Å². The first-order valence-corrected chi connectivity index (χ1v) is 6.72. The summed E-state index contributed by atoms with van der Waals surface area (Å²) in [4.78, 5) is 13.2. The van der Waals surface area contributed by atoms with Gasteiger partial charge < -0.3 is 15.7 Å². The number of primary amides is 1. The maximum absolute atomic E-state index is 11.3. The minimum absolute atomic E-state index is 0.173. The van der Waals surface area contributed by atoms with Gasteiger partial charge in [-0.05, 0) is 47.0 Å². The molecule has 19 heavy (non-hydrogen) atoms. The van der Waals surface area contributed by atoms with E-state index in [-0.39, 0.29) is 6.54 Å². The van der Waals surface area contributed by atoms with Crippen LogP contribution >= 0.6 is 15.9 Å². The first-order valence-electron chi connectivity index (χ1n) is 5.93. The van der Waals surface area contributed by atoms with Crippen LogP contribution < -0.4 is 10.6 Å². The first kappa shape index (κ1) is 13.8. The average molecular weight is 324 g/mol. The Kier molecular flexibility index (Phi) is 3.78. The van der Waals surface area contributed by atoms with Gasteiger partial charge in [0.15, 0.2) is 5.60 Å². The van der Waals surface area contributed by atoms with Crippen molar-refractivity contribution in [2.75, 3.05) is 18.0 Å². The number of nitriles is 1. The highest BCUT2D eigenvalue weighted by Gasteiger charge is 2.39. The number of carbonyl (C=O) groups excluding carboxylic acids is 1. The lowest BCUT2D eigenvalue weighted by molar-refractivity contribution is -0.137. The Morgan fingerprint density at radius 3 is 2.89 bits per heavy atom. The number of amides is 1. The van der Waals surface area contributed by atoms with Crippen LogP contribution in [0.5, 0.6) is 0 Å². The molecule has 0 bridgehead atoms. The van der Waals surface area contributed by atoms with Crippen molar-refractivity contribution in [3.63, 3.8) is 0 Å². The number of nitrogens with two attached hydrogens (primary N) is 1. The monoisotopic (exact) mass is 323 g/mol. The lowest BCUT2D eigenvalue weighted by Crippen LogP contribution is -2.56. The van der Waals surface area contributed by atoms with E-state index in [1.165, 1.54) is 0 Å². The van der Waals surface area contributed by atoms with Crippen molar-refractivity contribution >= 4 is 27.5 Å². The molecule has 1 fully saturated rings. The van der Waals surface area contributed by atoms with Crippen molar-refractivity contribution in [3.05, 3.63) is 28.2 Å². The highest BCUT2D eigenvalue weighted by atomic mass is 79.9. The highest BCUT2D eigenvalue weighted by Crippen LogP contribution is 2.32. The van der Waals surface area contributed by atoms with E-state index >= 15 is 0 Å². The number of aliphatic hydroxyl groups is 1. The Morgan fingerprint density at radius 1 is 1.58 bits per heavy atom. The van der Waals surface area contributed by atoms with Gasteiger partial charge in [-0.15, -0.1) is 0 Å². The van der Waals surface area contributed by atoms with E-state index < -0.39 is 11.5 Å². The average Bonchev–Trinajstić information content (AvgIpc) is 2.38. The molecule has 0 spiro atoms. The lowest BCUT2D eigenvalue weighted by atomic mass is 9.92. The first-order chi connectivity index (χ1) is 8.96. The predicted octanol–water partition coefficient (Wildman–Crippen LogP) is 1.14. The quantitative estimate of drug-likeness (QED) is 0.853. The van der Waals surface area contributed by atoms with Crippen LogP contribution in [0, 0.1) is 11.3 Å². The number of piperidine rings is 1.